The number of hydrogen-bond acceptors (Lipinski definition) is 6. The zero-order chi connectivity index (χ0) is 19.8. The van der Waals surface area contributed by atoms with E-state index in [0.29, 0.717) is 36.7 Å². The maximum atomic E-state index is 12.9. The number of methoxy groups -OCH3 is 1. The van der Waals surface area contributed by atoms with Crippen LogP contribution < -0.4 is 20.3 Å². The number of ether oxygens (including phenoxy) is 2. The molecule has 0 saturated carbocycles. The van der Waals surface area contributed by atoms with Crippen LogP contribution in [-0.2, 0) is 11.2 Å². The Morgan fingerprint density at radius 1 is 1.25 bits per heavy atom. The van der Waals surface area contributed by atoms with E-state index in [4.69, 9.17) is 21.7 Å². The van der Waals surface area contributed by atoms with Crippen molar-refractivity contribution in [2.24, 2.45) is 0 Å². The maximum Gasteiger partial charge on any atom is 0.234 e. The van der Waals surface area contributed by atoms with E-state index in [-0.39, 0.29) is 5.82 Å². The molecule has 0 aliphatic carbocycles. The fraction of sp³-hybridized carbons (Fsp3) is 0.421. The number of anilines is 2. The molecule has 2 N–H and O–H groups in total. The Morgan fingerprint density at radius 2 is 2.00 bits per heavy atom. The first kappa shape index (κ1) is 20.2. The lowest BCUT2D eigenvalue weighted by atomic mass is 10.1. The molecule has 3 rings (SSSR count). The molecule has 2 heterocycles. The molecule has 0 bridgehead atoms. The number of rotatable bonds is 7. The van der Waals surface area contributed by atoms with Gasteiger partial charge in [0.15, 0.2) is 5.11 Å². The van der Waals surface area contributed by atoms with Gasteiger partial charge in [-0.15, -0.1) is 0 Å². The Labute approximate surface area is 169 Å². The zero-order valence-electron chi connectivity index (χ0n) is 15.8. The molecule has 28 heavy (non-hydrogen) atoms. The zero-order valence-corrected chi connectivity index (χ0v) is 16.6. The van der Waals surface area contributed by atoms with Crippen LogP contribution in [0.2, 0.25) is 0 Å². The predicted octanol–water partition coefficient (Wildman–Crippen LogP) is 2.38. The van der Waals surface area contributed by atoms with Gasteiger partial charge in [-0.3, -0.25) is 0 Å². The minimum atomic E-state index is -0.220. The highest BCUT2D eigenvalue weighted by atomic mass is 32.1. The molecule has 0 amide bonds. The van der Waals surface area contributed by atoms with E-state index in [1.807, 2.05) is 0 Å². The molecule has 1 aromatic heterocycles. The summed E-state index contributed by atoms with van der Waals surface area (Å²) in [6.07, 6.45) is 1.71. The van der Waals surface area contributed by atoms with Crippen LogP contribution in [0.5, 0.6) is 5.88 Å². The fourth-order valence-electron chi connectivity index (χ4n) is 2.82. The molecule has 9 heteroatoms. The third-order valence-corrected chi connectivity index (χ3v) is 4.55. The summed E-state index contributed by atoms with van der Waals surface area (Å²) in [4.78, 5) is 11.0. The predicted molar refractivity (Wildman–Crippen MR) is 111 cm³/mol. The van der Waals surface area contributed by atoms with Crippen molar-refractivity contribution in [3.63, 3.8) is 0 Å². The van der Waals surface area contributed by atoms with Crippen molar-refractivity contribution in [3.8, 4) is 5.88 Å². The summed E-state index contributed by atoms with van der Waals surface area (Å²) in [7, 11) is 1.57. The number of aromatic nitrogens is 2. The Bertz CT molecular complexity index is 784. The lowest BCUT2D eigenvalue weighted by Crippen LogP contribution is -2.37. The summed E-state index contributed by atoms with van der Waals surface area (Å²) in [5, 5.41) is 6.60. The molecule has 7 nitrogen and oxygen atoms in total. The lowest BCUT2D eigenvalue weighted by molar-refractivity contribution is 0.122. The average molecular weight is 405 g/mol. The Kier molecular flexibility index (Phi) is 7.32. The number of morpholine rings is 1. The van der Waals surface area contributed by atoms with E-state index in [0.717, 1.165) is 37.3 Å². The molecule has 1 saturated heterocycles. The molecular weight excluding hydrogens is 381 g/mol. The number of nitrogens with zero attached hydrogens (tertiary/aromatic N) is 3. The number of halogens is 1. The molecule has 2 aromatic rings. The fourth-order valence-corrected chi connectivity index (χ4v) is 3.01. The second kappa shape index (κ2) is 10.1. The van der Waals surface area contributed by atoms with Crippen LogP contribution in [0.1, 0.15) is 12.0 Å². The summed E-state index contributed by atoms with van der Waals surface area (Å²) < 4.78 is 23.6. The number of hydrogen-bond donors (Lipinski definition) is 2. The quantitative estimate of drug-likeness (QED) is 0.538. The van der Waals surface area contributed by atoms with E-state index < -0.39 is 0 Å². The van der Waals surface area contributed by atoms with E-state index in [1.165, 1.54) is 12.1 Å². The van der Waals surface area contributed by atoms with Crippen molar-refractivity contribution in [3.05, 3.63) is 41.7 Å². The second-order valence-corrected chi connectivity index (χ2v) is 6.71. The van der Waals surface area contributed by atoms with Crippen molar-refractivity contribution in [1.82, 2.24) is 15.3 Å². The molecule has 1 fully saturated rings. The van der Waals surface area contributed by atoms with Gasteiger partial charge in [-0.1, -0.05) is 12.1 Å². The summed E-state index contributed by atoms with van der Waals surface area (Å²) in [6, 6.07) is 8.34. The van der Waals surface area contributed by atoms with Crippen molar-refractivity contribution in [1.29, 1.82) is 0 Å². The first-order valence-corrected chi connectivity index (χ1v) is 9.60. The van der Waals surface area contributed by atoms with Gasteiger partial charge in [0, 0.05) is 25.7 Å². The molecule has 0 radical (unpaired) electrons. The van der Waals surface area contributed by atoms with Gasteiger partial charge in [0.05, 0.1) is 20.3 Å². The third-order valence-electron chi connectivity index (χ3n) is 4.30. The molecule has 0 unspecified atom stereocenters. The molecule has 150 valence electrons. The van der Waals surface area contributed by atoms with Crippen LogP contribution in [0.25, 0.3) is 0 Å². The van der Waals surface area contributed by atoms with Crippen LogP contribution in [0.3, 0.4) is 0 Å². The van der Waals surface area contributed by atoms with E-state index >= 15 is 0 Å². The summed E-state index contributed by atoms with van der Waals surface area (Å²) in [5.74, 6) is 1.41. The van der Waals surface area contributed by atoms with Gasteiger partial charge >= 0.3 is 0 Å². The van der Waals surface area contributed by atoms with Gasteiger partial charge in [-0.25, -0.2) is 4.39 Å². The number of benzene rings is 1. The maximum absolute atomic E-state index is 12.9. The molecule has 1 aliphatic heterocycles. The largest absolute Gasteiger partial charge is 0.481 e. The number of nitrogens with one attached hydrogen (secondary N) is 2. The van der Waals surface area contributed by atoms with Crippen molar-refractivity contribution in [2.75, 3.05) is 50.2 Å². The first-order chi connectivity index (χ1) is 13.6. The topological polar surface area (TPSA) is 71.5 Å². The normalized spacial score (nSPS) is 13.9. The van der Waals surface area contributed by atoms with Crippen LogP contribution >= 0.6 is 12.2 Å². The van der Waals surface area contributed by atoms with Crippen LogP contribution in [0.15, 0.2) is 30.3 Å². The SMILES string of the molecule is COc1cc(N2CCOCC2)nc(NC(=S)NCCCc2ccc(F)cc2)n1. The van der Waals surface area contributed by atoms with E-state index in [9.17, 15) is 4.39 Å². The molecule has 0 atom stereocenters. The van der Waals surface area contributed by atoms with Gasteiger partial charge in [-0.2, -0.15) is 9.97 Å². The van der Waals surface area contributed by atoms with Crippen LogP contribution in [0.4, 0.5) is 16.2 Å². The second-order valence-electron chi connectivity index (χ2n) is 6.30. The third kappa shape index (κ3) is 6.00. The Morgan fingerprint density at radius 3 is 2.71 bits per heavy atom. The highest BCUT2D eigenvalue weighted by molar-refractivity contribution is 7.80. The lowest BCUT2D eigenvalue weighted by Gasteiger charge is -2.28. The summed E-state index contributed by atoms with van der Waals surface area (Å²) in [5.41, 5.74) is 1.09. The Hall–Kier alpha value is -2.52. The van der Waals surface area contributed by atoms with Gasteiger partial charge in [0.1, 0.15) is 11.6 Å². The smallest absolute Gasteiger partial charge is 0.234 e. The van der Waals surface area contributed by atoms with Crippen LogP contribution in [0, 0.1) is 5.82 Å². The minimum Gasteiger partial charge on any atom is -0.481 e. The molecular formula is C19H24FN5O2S. The number of thiocarbonyl (C=S) groups is 1. The summed E-state index contributed by atoms with van der Waals surface area (Å²) in [6.45, 7) is 3.56. The van der Waals surface area contributed by atoms with Gasteiger partial charge < -0.3 is 25.0 Å². The van der Waals surface area contributed by atoms with Crippen LogP contribution in [-0.4, -0.2) is 55.0 Å². The van der Waals surface area contributed by atoms with Crippen molar-refractivity contribution >= 4 is 29.1 Å². The van der Waals surface area contributed by atoms with Gasteiger partial charge in [-0.05, 0) is 42.8 Å². The molecule has 1 aromatic carbocycles. The summed E-state index contributed by atoms with van der Waals surface area (Å²) >= 11 is 5.34. The van der Waals surface area contributed by atoms with E-state index in [2.05, 4.69) is 25.5 Å². The highest BCUT2D eigenvalue weighted by Crippen LogP contribution is 2.20. The van der Waals surface area contributed by atoms with Gasteiger partial charge in [0.2, 0.25) is 11.8 Å². The van der Waals surface area contributed by atoms with E-state index in [1.54, 1.807) is 25.3 Å². The van der Waals surface area contributed by atoms with Crippen molar-refractivity contribution < 1.29 is 13.9 Å². The van der Waals surface area contributed by atoms with Gasteiger partial charge in [0.25, 0.3) is 0 Å². The first-order valence-electron chi connectivity index (χ1n) is 9.19. The minimum absolute atomic E-state index is 0.220. The number of aryl methyl sites for hydroxylation is 1. The molecule has 1 aliphatic rings. The average Bonchev–Trinajstić information content (AvgIpc) is 2.73. The standard InChI is InChI=1S/C19H24FN5O2S/c1-26-17-13-16(25-9-11-27-12-10-25)22-18(23-17)24-19(28)21-8-2-3-14-4-6-15(20)7-5-14/h4-7,13H,2-3,8-12H2,1H3,(H2,21,22,23,24,28). The Balaban J connectivity index is 1.50. The monoisotopic (exact) mass is 405 g/mol. The molecule has 0 spiro atoms. The van der Waals surface area contributed by atoms with Crippen molar-refractivity contribution in [2.45, 2.75) is 12.8 Å². The highest BCUT2D eigenvalue weighted by Gasteiger charge is 2.15.